The van der Waals surface area contributed by atoms with Crippen molar-refractivity contribution in [3.63, 3.8) is 0 Å². The van der Waals surface area contributed by atoms with Crippen molar-refractivity contribution in [3.05, 3.63) is 87.9 Å². The maximum Gasteiger partial charge on any atom is 0.229 e. The molecule has 0 saturated heterocycles. The minimum atomic E-state index is -0.715. The molecule has 1 aromatic heterocycles. The molecular formula is C20H18N2OS. The third-order valence-corrected chi connectivity index (χ3v) is 5.97. The molecule has 0 radical (unpaired) electrons. The van der Waals surface area contributed by atoms with Crippen LogP contribution in [-0.4, -0.2) is 10.9 Å². The molecule has 24 heavy (non-hydrogen) atoms. The van der Waals surface area contributed by atoms with Crippen molar-refractivity contribution in [1.82, 2.24) is 4.98 Å². The van der Waals surface area contributed by atoms with Crippen LogP contribution in [0.5, 0.6) is 0 Å². The number of aromatic nitrogens is 1. The van der Waals surface area contributed by atoms with E-state index in [1.165, 1.54) is 0 Å². The second kappa shape index (κ2) is 5.56. The zero-order valence-electron chi connectivity index (χ0n) is 13.3. The van der Waals surface area contributed by atoms with E-state index in [2.05, 4.69) is 17.1 Å². The average Bonchev–Trinajstić information content (AvgIpc) is 3.15. The van der Waals surface area contributed by atoms with E-state index in [-0.39, 0.29) is 17.7 Å². The molecule has 2 N–H and O–H groups in total. The molecule has 1 saturated carbocycles. The van der Waals surface area contributed by atoms with Gasteiger partial charge < -0.3 is 5.73 Å². The lowest BCUT2D eigenvalue weighted by atomic mass is 9.89. The molecular weight excluding hydrogens is 316 g/mol. The predicted molar refractivity (Wildman–Crippen MR) is 96.1 cm³/mol. The van der Waals surface area contributed by atoms with Crippen molar-refractivity contribution in [3.8, 4) is 0 Å². The highest BCUT2D eigenvalue weighted by molar-refractivity contribution is 7.09. The van der Waals surface area contributed by atoms with Crippen LogP contribution in [0.1, 0.15) is 33.7 Å². The third kappa shape index (κ3) is 2.10. The SMILES string of the molecule is Cc1csc(C2C(c3ccccc3)C2(C(N)=O)c2ccccc2)n1. The van der Waals surface area contributed by atoms with Gasteiger partial charge in [0.2, 0.25) is 5.91 Å². The van der Waals surface area contributed by atoms with E-state index >= 15 is 0 Å². The molecule has 2 aromatic carbocycles. The van der Waals surface area contributed by atoms with E-state index < -0.39 is 5.41 Å². The van der Waals surface area contributed by atoms with Crippen LogP contribution in [0.15, 0.2) is 66.0 Å². The molecule has 1 heterocycles. The van der Waals surface area contributed by atoms with Gasteiger partial charge in [0.05, 0.1) is 10.4 Å². The van der Waals surface area contributed by atoms with Crippen LogP contribution in [0.2, 0.25) is 0 Å². The molecule has 1 amide bonds. The lowest BCUT2D eigenvalue weighted by Gasteiger charge is -2.15. The monoisotopic (exact) mass is 334 g/mol. The molecule has 1 fully saturated rings. The first-order valence-electron chi connectivity index (χ1n) is 7.98. The normalized spacial score (nSPS) is 25.4. The fraction of sp³-hybridized carbons (Fsp3) is 0.200. The molecule has 3 aromatic rings. The van der Waals surface area contributed by atoms with Crippen molar-refractivity contribution in [2.45, 2.75) is 24.2 Å². The van der Waals surface area contributed by atoms with Crippen LogP contribution in [0, 0.1) is 6.92 Å². The zero-order valence-corrected chi connectivity index (χ0v) is 14.2. The van der Waals surface area contributed by atoms with Crippen LogP contribution in [-0.2, 0) is 10.2 Å². The van der Waals surface area contributed by atoms with Gasteiger partial charge in [0, 0.05) is 22.9 Å². The van der Waals surface area contributed by atoms with Gasteiger partial charge in [-0.3, -0.25) is 4.79 Å². The second-order valence-corrected chi connectivity index (χ2v) is 7.18. The maximum atomic E-state index is 12.7. The summed E-state index contributed by atoms with van der Waals surface area (Å²) in [6.07, 6.45) is 0. The lowest BCUT2D eigenvalue weighted by Crippen LogP contribution is -2.31. The van der Waals surface area contributed by atoms with E-state index in [1.807, 2.05) is 60.8 Å². The van der Waals surface area contributed by atoms with Crippen LogP contribution in [0.3, 0.4) is 0 Å². The summed E-state index contributed by atoms with van der Waals surface area (Å²) >= 11 is 1.61. The minimum Gasteiger partial charge on any atom is -0.369 e. The van der Waals surface area contributed by atoms with Gasteiger partial charge in [0.15, 0.2) is 0 Å². The van der Waals surface area contributed by atoms with E-state index in [0.717, 1.165) is 21.8 Å². The van der Waals surface area contributed by atoms with Crippen LogP contribution >= 0.6 is 11.3 Å². The van der Waals surface area contributed by atoms with Crippen molar-refractivity contribution in [1.29, 1.82) is 0 Å². The third-order valence-electron chi connectivity index (χ3n) is 4.93. The Balaban J connectivity index is 1.90. The Hall–Kier alpha value is -2.46. The number of carbonyl (C=O) groups is 1. The molecule has 4 rings (SSSR count). The van der Waals surface area contributed by atoms with Gasteiger partial charge in [-0.05, 0) is 18.1 Å². The van der Waals surface area contributed by atoms with Gasteiger partial charge >= 0.3 is 0 Å². The number of hydrogen-bond acceptors (Lipinski definition) is 3. The van der Waals surface area contributed by atoms with Crippen molar-refractivity contribution in [2.24, 2.45) is 5.73 Å². The topological polar surface area (TPSA) is 56.0 Å². The standard InChI is InChI=1S/C20H18N2OS/c1-13-12-24-18(22-13)17-16(14-8-4-2-5-9-14)20(17,19(21)23)15-10-6-3-7-11-15/h2-12,16-17H,1H3,(H2,21,23). The first kappa shape index (κ1) is 15.1. The number of nitrogens with zero attached hydrogens (tertiary/aromatic N) is 1. The molecule has 120 valence electrons. The molecule has 1 aliphatic carbocycles. The van der Waals surface area contributed by atoms with Crippen LogP contribution in [0.25, 0.3) is 0 Å². The number of benzene rings is 2. The quantitative estimate of drug-likeness (QED) is 0.790. The first-order valence-corrected chi connectivity index (χ1v) is 8.86. The van der Waals surface area contributed by atoms with E-state index in [1.54, 1.807) is 11.3 Å². The Morgan fingerprint density at radius 3 is 2.21 bits per heavy atom. The zero-order chi connectivity index (χ0) is 16.7. The van der Waals surface area contributed by atoms with Gasteiger partial charge in [-0.15, -0.1) is 11.3 Å². The molecule has 0 spiro atoms. The summed E-state index contributed by atoms with van der Waals surface area (Å²) in [6.45, 7) is 1.98. The summed E-state index contributed by atoms with van der Waals surface area (Å²) in [5.74, 6) is -0.247. The minimum absolute atomic E-state index is 0.00139. The summed E-state index contributed by atoms with van der Waals surface area (Å²) in [6, 6.07) is 20.0. The largest absolute Gasteiger partial charge is 0.369 e. The number of nitrogens with two attached hydrogens (primary N) is 1. The number of rotatable bonds is 4. The van der Waals surface area contributed by atoms with Gasteiger partial charge in [-0.25, -0.2) is 4.98 Å². The molecule has 3 atom stereocenters. The fourth-order valence-corrected chi connectivity index (χ4v) is 4.89. The summed E-state index contributed by atoms with van der Waals surface area (Å²) < 4.78 is 0. The molecule has 3 unspecified atom stereocenters. The fourth-order valence-electron chi connectivity index (χ4n) is 3.88. The predicted octanol–water partition coefficient (Wildman–Crippen LogP) is 3.76. The van der Waals surface area contributed by atoms with E-state index in [0.29, 0.717) is 0 Å². The molecule has 3 nitrogen and oxygen atoms in total. The number of aryl methyl sites for hydroxylation is 1. The Bertz CT molecular complexity index is 875. The van der Waals surface area contributed by atoms with Crippen molar-refractivity contribution >= 4 is 17.2 Å². The highest BCUT2D eigenvalue weighted by atomic mass is 32.1. The van der Waals surface area contributed by atoms with Crippen LogP contribution < -0.4 is 5.73 Å². The number of amides is 1. The molecule has 4 heteroatoms. The van der Waals surface area contributed by atoms with Crippen LogP contribution in [0.4, 0.5) is 0 Å². The summed E-state index contributed by atoms with van der Waals surface area (Å²) in [5, 5.41) is 3.02. The molecule has 0 bridgehead atoms. The summed E-state index contributed by atoms with van der Waals surface area (Å²) in [4.78, 5) is 17.3. The molecule has 0 aliphatic heterocycles. The van der Waals surface area contributed by atoms with Crippen molar-refractivity contribution < 1.29 is 4.79 Å². The Morgan fingerprint density at radius 1 is 1.04 bits per heavy atom. The Labute approximate surface area is 145 Å². The average molecular weight is 334 g/mol. The Morgan fingerprint density at radius 2 is 1.67 bits per heavy atom. The number of hydrogen-bond donors (Lipinski definition) is 1. The molecule has 1 aliphatic rings. The second-order valence-electron chi connectivity index (χ2n) is 6.29. The maximum absolute atomic E-state index is 12.7. The van der Waals surface area contributed by atoms with Gasteiger partial charge in [0.25, 0.3) is 0 Å². The van der Waals surface area contributed by atoms with Gasteiger partial charge in [-0.2, -0.15) is 0 Å². The number of primary amides is 1. The first-order chi connectivity index (χ1) is 11.7. The highest BCUT2D eigenvalue weighted by Gasteiger charge is 2.71. The Kier molecular flexibility index (Phi) is 3.50. The van der Waals surface area contributed by atoms with Gasteiger partial charge in [-0.1, -0.05) is 60.7 Å². The van der Waals surface area contributed by atoms with Gasteiger partial charge in [0.1, 0.15) is 0 Å². The smallest absolute Gasteiger partial charge is 0.229 e. The van der Waals surface area contributed by atoms with Crippen molar-refractivity contribution in [2.75, 3.05) is 0 Å². The summed E-state index contributed by atoms with van der Waals surface area (Å²) in [7, 11) is 0. The number of thiazole rings is 1. The van der Waals surface area contributed by atoms with E-state index in [4.69, 9.17) is 5.73 Å². The lowest BCUT2D eigenvalue weighted by molar-refractivity contribution is -0.120. The highest BCUT2D eigenvalue weighted by Crippen LogP contribution is 2.70. The summed E-state index contributed by atoms with van der Waals surface area (Å²) in [5.41, 5.74) is 8.35. The van der Waals surface area contributed by atoms with E-state index in [9.17, 15) is 4.79 Å². The number of carbonyl (C=O) groups excluding carboxylic acids is 1.